The highest BCUT2D eigenvalue weighted by Gasteiger charge is 2.16. The number of rotatable bonds is 4. The van der Waals surface area contributed by atoms with E-state index in [9.17, 15) is 5.11 Å². The summed E-state index contributed by atoms with van der Waals surface area (Å²) in [6.07, 6.45) is 0.744. The van der Waals surface area contributed by atoms with E-state index in [0.717, 1.165) is 6.42 Å². The van der Waals surface area contributed by atoms with E-state index in [-0.39, 0.29) is 5.75 Å². The van der Waals surface area contributed by atoms with Crippen molar-refractivity contribution in [3.8, 4) is 23.0 Å². The Hall–Kier alpha value is -2.04. The summed E-state index contributed by atoms with van der Waals surface area (Å²) in [7, 11) is 1.50. The zero-order valence-corrected chi connectivity index (χ0v) is 10.7. The molecule has 1 aromatic carbocycles. The summed E-state index contributed by atoms with van der Waals surface area (Å²) < 4.78 is 10.2. The predicted octanol–water partition coefficient (Wildman–Crippen LogP) is 2.65. The van der Waals surface area contributed by atoms with Crippen LogP contribution in [0.2, 0.25) is 0 Å². The van der Waals surface area contributed by atoms with Gasteiger partial charge in [0.15, 0.2) is 17.3 Å². The normalized spacial score (nSPS) is 10.9. The van der Waals surface area contributed by atoms with Gasteiger partial charge in [-0.1, -0.05) is 25.1 Å². The average Bonchev–Trinajstić information content (AvgIpc) is 2.76. The highest BCUT2D eigenvalue weighted by atomic mass is 16.5. The molecule has 0 aliphatic carbocycles. The maximum Gasteiger partial charge on any atom is 0.261 e. The lowest BCUT2D eigenvalue weighted by atomic mass is 10.1. The molecular formula is C13H16N2O3. The monoisotopic (exact) mass is 248 g/mol. The van der Waals surface area contributed by atoms with Crippen LogP contribution in [-0.4, -0.2) is 22.4 Å². The predicted molar refractivity (Wildman–Crippen MR) is 66.5 cm³/mol. The lowest BCUT2D eigenvalue weighted by Gasteiger charge is -2.04. The first-order valence-electron chi connectivity index (χ1n) is 5.80. The van der Waals surface area contributed by atoms with Crippen LogP contribution in [0.4, 0.5) is 0 Å². The minimum Gasteiger partial charge on any atom is -0.504 e. The van der Waals surface area contributed by atoms with Crippen molar-refractivity contribution >= 4 is 0 Å². The molecule has 0 bridgehead atoms. The molecule has 18 heavy (non-hydrogen) atoms. The largest absolute Gasteiger partial charge is 0.504 e. The second-order valence-corrected chi connectivity index (χ2v) is 4.47. The Balaban J connectivity index is 2.34. The minimum atomic E-state index is 0.0137. The Morgan fingerprint density at radius 1 is 1.39 bits per heavy atom. The Morgan fingerprint density at radius 3 is 2.83 bits per heavy atom. The molecule has 0 spiro atoms. The smallest absolute Gasteiger partial charge is 0.261 e. The SMILES string of the molecule is COc1cccc(-c2nc(CC(C)C)no2)c1O. The molecule has 0 saturated carbocycles. The molecular weight excluding hydrogens is 232 g/mol. The topological polar surface area (TPSA) is 68.4 Å². The van der Waals surface area contributed by atoms with Gasteiger partial charge in [-0.2, -0.15) is 4.98 Å². The molecule has 0 fully saturated rings. The number of aromatic nitrogens is 2. The number of phenolic OH excluding ortho intramolecular Hbond substituents is 1. The molecule has 0 radical (unpaired) electrons. The number of ether oxygens (including phenoxy) is 1. The third-order valence-electron chi connectivity index (χ3n) is 2.51. The van der Waals surface area contributed by atoms with Gasteiger partial charge in [0, 0.05) is 6.42 Å². The number of nitrogens with zero attached hydrogens (tertiary/aromatic N) is 2. The molecule has 96 valence electrons. The van der Waals surface area contributed by atoms with Gasteiger partial charge in [-0.25, -0.2) is 0 Å². The van der Waals surface area contributed by atoms with Gasteiger partial charge in [-0.05, 0) is 18.1 Å². The molecule has 0 atom stereocenters. The van der Waals surface area contributed by atoms with Crippen molar-refractivity contribution < 1.29 is 14.4 Å². The van der Waals surface area contributed by atoms with Crippen molar-refractivity contribution in [3.05, 3.63) is 24.0 Å². The molecule has 2 aromatic rings. The summed E-state index contributed by atoms with van der Waals surface area (Å²) in [4.78, 5) is 4.26. The van der Waals surface area contributed by atoms with Crippen molar-refractivity contribution in [2.45, 2.75) is 20.3 Å². The van der Waals surface area contributed by atoms with E-state index < -0.39 is 0 Å². The van der Waals surface area contributed by atoms with E-state index in [1.807, 2.05) is 0 Å². The quantitative estimate of drug-likeness (QED) is 0.900. The Morgan fingerprint density at radius 2 is 2.17 bits per heavy atom. The fourth-order valence-corrected chi connectivity index (χ4v) is 1.67. The lowest BCUT2D eigenvalue weighted by molar-refractivity contribution is 0.371. The molecule has 2 rings (SSSR count). The first-order chi connectivity index (χ1) is 8.61. The van der Waals surface area contributed by atoms with Crippen LogP contribution in [0, 0.1) is 5.92 Å². The second-order valence-electron chi connectivity index (χ2n) is 4.47. The van der Waals surface area contributed by atoms with Crippen LogP contribution in [0.3, 0.4) is 0 Å². The molecule has 0 unspecified atom stereocenters. The first-order valence-corrected chi connectivity index (χ1v) is 5.80. The number of para-hydroxylation sites is 1. The van der Waals surface area contributed by atoms with Crippen molar-refractivity contribution in [3.63, 3.8) is 0 Å². The molecule has 1 aromatic heterocycles. The standard InChI is InChI=1S/C13H16N2O3/c1-8(2)7-11-14-13(18-15-11)9-5-4-6-10(17-3)12(9)16/h4-6,8,16H,7H2,1-3H3. The highest BCUT2D eigenvalue weighted by Crippen LogP contribution is 2.35. The van der Waals surface area contributed by atoms with Gasteiger partial charge in [0.25, 0.3) is 5.89 Å². The first kappa shape index (κ1) is 12.4. The number of methoxy groups -OCH3 is 1. The van der Waals surface area contributed by atoms with E-state index >= 15 is 0 Å². The van der Waals surface area contributed by atoms with Crippen LogP contribution in [0.5, 0.6) is 11.5 Å². The van der Waals surface area contributed by atoms with Crippen molar-refractivity contribution in [2.24, 2.45) is 5.92 Å². The van der Waals surface area contributed by atoms with Gasteiger partial charge in [0.2, 0.25) is 0 Å². The molecule has 0 aliphatic rings. The van der Waals surface area contributed by atoms with Crippen LogP contribution in [0.25, 0.3) is 11.5 Å². The number of benzene rings is 1. The van der Waals surface area contributed by atoms with E-state index in [1.165, 1.54) is 7.11 Å². The number of aromatic hydroxyl groups is 1. The van der Waals surface area contributed by atoms with Gasteiger partial charge in [0.1, 0.15) is 0 Å². The zero-order valence-electron chi connectivity index (χ0n) is 10.7. The summed E-state index contributed by atoms with van der Waals surface area (Å²) >= 11 is 0. The fraction of sp³-hybridized carbons (Fsp3) is 0.385. The molecule has 1 N–H and O–H groups in total. The van der Waals surface area contributed by atoms with Crippen molar-refractivity contribution in [1.29, 1.82) is 0 Å². The number of phenols is 1. The highest BCUT2D eigenvalue weighted by molar-refractivity contribution is 5.66. The Bertz CT molecular complexity index is 535. The van der Waals surface area contributed by atoms with Crippen LogP contribution in [0.1, 0.15) is 19.7 Å². The van der Waals surface area contributed by atoms with Crippen LogP contribution in [0.15, 0.2) is 22.7 Å². The summed E-state index contributed by atoms with van der Waals surface area (Å²) in [5, 5.41) is 13.9. The van der Waals surface area contributed by atoms with E-state index in [2.05, 4.69) is 24.0 Å². The molecule has 0 aliphatic heterocycles. The van der Waals surface area contributed by atoms with Gasteiger partial charge in [0.05, 0.1) is 12.7 Å². The average molecular weight is 248 g/mol. The molecule has 0 saturated heterocycles. The zero-order chi connectivity index (χ0) is 13.1. The minimum absolute atomic E-state index is 0.0137. The Kier molecular flexibility index (Phi) is 3.50. The van der Waals surface area contributed by atoms with Crippen LogP contribution in [-0.2, 0) is 6.42 Å². The summed E-state index contributed by atoms with van der Waals surface area (Å²) in [5.74, 6) is 1.80. The summed E-state index contributed by atoms with van der Waals surface area (Å²) in [6.45, 7) is 4.16. The maximum atomic E-state index is 9.98. The number of hydrogen-bond donors (Lipinski definition) is 1. The van der Waals surface area contributed by atoms with E-state index in [1.54, 1.807) is 18.2 Å². The van der Waals surface area contributed by atoms with E-state index in [0.29, 0.717) is 28.9 Å². The van der Waals surface area contributed by atoms with Gasteiger partial charge in [-0.15, -0.1) is 0 Å². The molecule has 5 nitrogen and oxygen atoms in total. The molecule has 1 heterocycles. The molecule has 5 heteroatoms. The third-order valence-corrected chi connectivity index (χ3v) is 2.51. The van der Waals surface area contributed by atoms with Crippen LogP contribution >= 0.6 is 0 Å². The summed E-state index contributed by atoms with van der Waals surface area (Å²) in [6, 6.07) is 5.15. The molecule has 0 amide bonds. The lowest BCUT2D eigenvalue weighted by Crippen LogP contribution is -1.95. The van der Waals surface area contributed by atoms with Gasteiger partial charge in [-0.3, -0.25) is 0 Å². The fourth-order valence-electron chi connectivity index (χ4n) is 1.67. The summed E-state index contributed by atoms with van der Waals surface area (Å²) in [5.41, 5.74) is 0.483. The van der Waals surface area contributed by atoms with Crippen LogP contribution < -0.4 is 4.74 Å². The van der Waals surface area contributed by atoms with Crippen molar-refractivity contribution in [1.82, 2.24) is 10.1 Å². The number of hydrogen-bond acceptors (Lipinski definition) is 5. The maximum absolute atomic E-state index is 9.98. The van der Waals surface area contributed by atoms with E-state index in [4.69, 9.17) is 9.26 Å². The van der Waals surface area contributed by atoms with Gasteiger partial charge < -0.3 is 14.4 Å². The Labute approximate surface area is 105 Å². The third kappa shape index (κ3) is 2.45. The second kappa shape index (κ2) is 5.08. The van der Waals surface area contributed by atoms with Gasteiger partial charge >= 0.3 is 0 Å². The van der Waals surface area contributed by atoms with Crippen molar-refractivity contribution in [2.75, 3.05) is 7.11 Å².